The molecule has 2 aliphatic heterocycles. The zero-order valence-corrected chi connectivity index (χ0v) is 50.4. The summed E-state index contributed by atoms with van der Waals surface area (Å²) in [7, 11) is 3.44. The molecule has 1 unspecified atom stereocenters. The number of unbranched alkanes of at least 4 members (excludes halogenated alkanes) is 4. The Morgan fingerprint density at radius 3 is 2.13 bits per heavy atom. The lowest BCUT2D eigenvalue weighted by Gasteiger charge is -2.35. The van der Waals surface area contributed by atoms with Gasteiger partial charge in [0.1, 0.15) is 61.9 Å². The van der Waals surface area contributed by atoms with Gasteiger partial charge >= 0.3 is 0 Å². The smallest absolute Gasteiger partial charge is 0.188 e. The van der Waals surface area contributed by atoms with E-state index in [2.05, 4.69) is 74.6 Å². The van der Waals surface area contributed by atoms with Crippen LogP contribution in [0.15, 0.2) is 77.8 Å². The molecule has 1 fully saturated rings. The van der Waals surface area contributed by atoms with Crippen LogP contribution in [0.1, 0.15) is 126 Å². The number of nitrogens with one attached hydrogen (secondary N) is 10. The summed E-state index contributed by atoms with van der Waals surface area (Å²) >= 11 is 0. The topological polar surface area (TPSA) is 390 Å². The molecule has 0 amide bonds. The number of nitrogens with zero attached hydrogens (tertiary/aromatic N) is 4. The van der Waals surface area contributed by atoms with Gasteiger partial charge in [-0.15, -0.1) is 0 Å². The van der Waals surface area contributed by atoms with E-state index in [0.717, 1.165) is 71.3 Å². The van der Waals surface area contributed by atoms with E-state index in [1.165, 1.54) is 0 Å². The molecule has 0 saturated carbocycles. The summed E-state index contributed by atoms with van der Waals surface area (Å²) < 4.78 is 0. The van der Waals surface area contributed by atoms with Crippen LogP contribution >= 0.6 is 0 Å². The fourth-order valence-electron chi connectivity index (χ4n) is 11.2. The Morgan fingerprint density at radius 1 is 0.729 bits per heavy atom. The number of β-amino-alcohol motifs (C(OH)–C–C–N with tert-alkyl or cyclic N) is 1. The minimum absolute atomic E-state index is 0.0696. The summed E-state index contributed by atoms with van der Waals surface area (Å²) in [6.45, 7) is 6.97. The van der Waals surface area contributed by atoms with Gasteiger partial charge in [0.05, 0.1) is 29.7 Å². The molecule has 0 aliphatic carbocycles. The molecule has 15 atom stereocenters. The lowest BCUT2D eigenvalue weighted by atomic mass is 10.0. The molecule has 0 spiro atoms. The SMILES string of the molecule is CC[C@@H]1N[C@H](O)CN[C@H](O)C(CCCNC(N)=NC)N[C@H](O)[C@H](CCCCN[C@H](O)CC[C@@H](N)[C@@H](O)NCCCCCCN2Cc3cc([C@H](O)N(C)Cc4nc5ccccc5[nH]4)ccc3N[C@@H](CC)[C@@H]2O)N[C@H](O)[C@@H](Cc2ccccc2)N[C@@H]1O. The Kier molecular flexibility index (Phi) is 30.0. The summed E-state index contributed by atoms with van der Waals surface area (Å²) in [5.41, 5.74) is 17.7. The molecule has 0 bridgehead atoms. The van der Waals surface area contributed by atoms with Gasteiger partial charge in [0.25, 0.3) is 0 Å². The normalized spacial score (nSPS) is 26.6. The number of nitrogens with two attached hydrogens (primary N) is 2. The van der Waals surface area contributed by atoms with Crippen molar-refractivity contribution in [2.24, 2.45) is 16.5 Å². The van der Waals surface area contributed by atoms with Gasteiger partial charge in [-0.25, -0.2) is 4.98 Å². The number of aromatic nitrogens is 2. The molecule has 85 heavy (non-hydrogen) atoms. The molecule has 2 aliphatic rings. The van der Waals surface area contributed by atoms with Crippen LogP contribution in [-0.4, -0.2) is 205 Å². The maximum absolute atomic E-state index is 11.9. The van der Waals surface area contributed by atoms with Crippen molar-refractivity contribution in [3.63, 3.8) is 0 Å². The molecule has 25 nitrogen and oxygen atoms in total. The quantitative estimate of drug-likeness (QED) is 0.0137. The van der Waals surface area contributed by atoms with Gasteiger partial charge in [-0.2, -0.15) is 0 Å². The lowest BCUT2D eigenvalue weighted by Crippen LogP contribution is -2.62. The summed E-state index contributed by atoms with van der Waals surface area (Å²) in [4.78, 5) is 15.9. The van der Waals surface area contributed by atoms with Gasteiger partial charge in [0.2, 0.25) is 0 Å². The first-order valence-corrected chi connectivity index (χ1v) is 30.9. The maximum atomic E-state index is 11.9. The maximum Gasteiger partial charge on any atom is 0.188 e. The molecule has 1 aromatic heterocycles. The number of rotatable bonds is 30. The number of aliphatic hydroxyl groups excluding tert-OH is 9. The number of hydrogen-bond donors (Lipinski definition) is 21. The van der Waals surface area contributed by atoms with Crippen LogP contribution in [0.5, 0.6) is 0 Å². The van der Waals surface area contributed by atoms with Gasteiger partial charge in [-0.1, -0.05) is 81.6 Å². The molecule has 25 heteroatoms. The average molecular weight is 1190 g/mol. The lowest BCUT2D eigenvalue weighted by molar-refractivity contribution is -0.0149. The van der Waals surface area contributed by atoms with E-state index in [9.17, 15) is 46.0 Å². The van der Waals surface area contributed by atoms with Crippen LogP contribution < -0.4 is 59.3 Å². The van der Waals surface area contributed by atoms with Crippen LogP contribution in [0, 0.1) is 0 Å². The van der Waals surface area contributed by atoms with E-state index < -0.39 is 86.3 Å². The van der Waals surface area contributed by atoms with Crippen molar-refractivity contribution in [3.05, 3.63) is 95.3 Å². The van der Waals surface area contributed by atoms with Gasteiger partial charge in [0, 0.05) is 63.1 Å². The summed E-state index contributed by atoms with van der Waals surface area (Å²) in [6, 6.07) is 19.8. The van der Waals surface area contributed by atoms with Gasteiger partial charge in [-0.3, -0.25) is 52.0 Å². The fraction of sp³-hybridized carbons (Fsp3) is 0.667. The molecule has 0 radical (unpaired) electrons. The molecule has 4 aromatic rings. The van der Waals surface area contributed by atoms with Gasteiger partial charge in [0.15, 0.2) is 5.96 Å². The molecule has 478 valence electrons. The third-order valence-electron chi connectivity index (χ3n) is 16.4. The fourth-order valence-corrected chi connectivity index (χ4v) is 11.2. The zero-order chi connectivity index (χ0) is 61.3. The second kappa shape index (κ2) is 36.7. The number of fused-ring (bicyclic) bond motifs is 2. The highest BCUT2D eigenvalue weighted by Gasteiger charge is 2.34. The number of para-hydroxylation sites is 2. The van der Waals surface area contributed by atoms with Crippen LogP contribution in [-0.2, 0) is 19.5 Å². The minimum Gasteiger partial charge on any atom is -0.379 e. The first-order valence-electron chi connectivity index (χ1n) is 30.9. The van der Waals surface area contributed by atoms with Crippen molar-refractivity contribution >= 4 is 22.7 Å². The molecule has 1 saturated heterocycles. The van der Waals surface area contributed by atoms with E-state index in [1.54, 1.807) is 7.05 Å². The van der Waals surface area contributed by atoms with E-state index in [0.29, 0.717) is 97.1 Å². The average Bonchev–Trinajstić information content (AvgIpc) is 3.00. The van der Waals surface area contributed by atoms with Crippen LogP contribution in [0.3, 0.4) is 0 Å². The van der Waals surface area contributed by atoms with E-state index in [-0.39, 0.29) is 18.5 Å². The molecule has 6 rings (SSSR count). The highest BCUT2D eigenvalue weighted by molar-refractivity contribution is 5.77. The number of H-pyrrole nitrogens is 1. The Labute approximate surface area is 502 Å². The van der Waals surface area contributed by atoms with Crippen molar-refractivity contribution in [3.8, 4) is 0 Å². The number of guanidine groups is 1. The number of aliphatic imine (C=N–C) groups is 1. The number of aromatic amines is 1. The van der Waals surface area contributed by atoms with Crippen molar-refractivity contribution < 1.29 is 46.0 Å². The second-order valence-electron chi connectivity index (χ2n) is 23.0. The molecular weight excluding hydrogens is 1090 g/mol. The number of anilines is 1. The van der Waals surface area contributed by atoms with Crippen molar-refractivity contribution in [2.75, 3.05) is 52.1 Å². The monoisotopic (exact) mass is 1190 g/mol. The number of imidazole rings is 1. The highest BCUT2D eigenvalue weighted by Crippen LogP contribution is 2.30. The predicted octanol–water partition coefficient (Wildman–Crippen LogP) is -0.341. The largest absolute Gasteiger partial charge is 0.379 e. The van der Waals surface area contributed by atoms with E-state index in [4.69, 9.17) is 11.5 Å². The van der Waals surface area contributed by atoms with Gasteiger partial charge < -0.3 is 73.0 Å². The first kappa shape index (κ1) is 69.5. The number of benzene rings is 3. The number of hydrogen-bond acceptors (Lipinski definition) is 22. The van der Waals surface area contributed by atoms with E-state index in [1.807, 2.05) is 91.7 Å². The predicted molar refractivity (Wildman–Crippen MR) is 332 cm³/mol. The van der Waals surface area contributed by atoms with Crippen molar-refractivity contribution in [1.29, 1.82) is 0 Å². The van der Waals surface area contributed by atoms with Crippen LogP contribution in [0.25, 0.3) is 11.0 Å². The molecule has 3 aromatic carbocycles. The van der Waals surface area contributed by atoms with Crippen molar-refractivity contribution in [1.82, 2.24) is 62.3 Å². The Balaban J connectivity index is 0.920. The number of aliphatic hydroxyl groups is 9. The summed E-state index contributed by atoms with van der Waals surface area (Å²) in [5, 5.41) is 130. The second-order valence-corrected chi connectivity index (χ2v) is 23.0. The van der Waals surface area contributed by atoms with Crippen molar-refractivity contribution in [2.45, 2.75) is 209 Å². The standard InChI is InChI=1S/C60H104N16O9/c1-5-42-55(81)74-49(33-38-19-10-9-11-20-38)57(83)73-48(56(82)72-47(24-18-31-66-60(62)63-3)54(80)67-35-52(78)71-42)23-14-16-29-64-51(77)28-26-41(61)53(79)65-30-15-7-8-17-32-76-36-40-34-39(25-27-44(40)68-43(6-2)59(76)85)58(84)75(4)37-50-69-45-21-12-13-22-46(45)70-50/h9-13,19-22,25,27,34,41-43,47-49,51-59,64-65,67-68,71-74,77-85H,5-8,14-18,23-24,26,28-33,35-37,61H2,1-4H3,(H,69,70)(H3,62,63,66)/t41-,42+,43+,47?,48+,49-,51-,52-,53-,54-,55-,56-,57-,58+,59+/m1/s1. The third-order valence-corrected chi connectivity index (χ3v) is 16.4. The third kappa shape index (κ3) is 22.8. The van der Waals surface area contributed by atoms with Gasteiger partial charge in [-0.05, 0) is 132 Å². The molecular formula is C60H104N16O9. The first-order chi connectivity index (χ1) is 41.0. The molecule has 3 heterocycles. The summed E-state index contributed by atoms with van der Waals surface area (Å²) in [5.74, 6) is 1.04. The highest BCUT2D eigenvalue weighted by atomic mass is 16.3. The van der Waals surface area contributed by atoms with Crippen LogP contribution in [0.2, 0.25) is 0 Å². The zero-order valence-electron chi connectivity index (χ0n) is 50.4. The van der Waals surface area contributed by atoms with Crippen LogP contribution in [0.4, 0.5) is 5.69 Å². The molecule has 23 N–H and O–H groups in total. The Bertz CT molecular complexity index is 2470. The van der Waals surface area contributed by atoms with E-state index >= 15 is 0 Å². The minimum atomic E-state index is -1.27. The summed E-state index contributed by atoms with van der Waals surface area (Å²) in [6.07, 6.45) is -1.31. The Morgan fingerprint density at radius 2 is 1.39 bits per heavy atom. The Hall–Kier alpha value is -4.56.